The second kappa shape index (κ2) is 15.2. The molecule has 0 unspecified atom stereocenters. The van der Waals surface area contributed by atoms with E-state index in [1.165, 1.54) is 4.57 Å². The Labute approximate surface area is 261 Å². The fraction of sp³-hybridized carbons (Fsp3) is 0.645. The molecule has 3 aliphatic rings. The maximum absolute atomic E-state index is 14.1. The monoisotopic (exact) mass is 627 g/mol. The highest BCUT2D eigenvalue weighted by Gasteiger charge is 2.25. The Bertz CT molecular complexity index is 1400. The second-order valence-corrected chi connectivity index (χ2v) is 12.0. The molecule has 3 aromatic rings. The summed E-state index contributed by atoms with van der Waals surface area (Å²) in [6.07, 6.45) is 3.76. The van der Waals surface area contributed by atoms with Gasteiger partial charge in [-0.05, 0) is 50.2 Å². The number of aromatic nitrogens is 5. The number of para-hydroxylation sites is 2. The van der Waals surface area contributed by atoms with E-state index in [9.17, 15) is 13.6 Å². The van der Waals surface area contributed by atoms with Crippen LogP contribution < -0.4 is 15.5 Å². The van der Waals surface area contributed by atoms with Crippen LogP contribution in [0.2, 0.25) is 0 Å². The van der Waals surface area contributed by atoms with Crippen LogP contribution in [0.25, 0.3) is 17.0 Å². The fourth-order valence-electron chi connectivity index (χ4n) is 6.45. The minimum atomic E-state index is -2.78. The molecule has 1 aromatic carbocycles. The fourth-order valence-corrected chi connectivity index (χ4v) is 6.45. The molecule has 244 valence electrons. The lowest BCUT2D eigenvalue weighted by Gasteiger charge is -2.29. The number of urea groups is 1. The summed E-state index contributed by atoms with van der Waals surface area (Å²) in [6, 6.07) is 7.15. The number of ether oxygens (including phenoxy) is 2. The lowest BCUT2D eigenvalue weighted by molar-refractivity contribution is 0.0387. The van der Waals surface area contributed by atoms with Gasteiger partial charge in [0.1, 0.15) is 5.82 Å². The van der Waals surface area contributed by atoms with Gasteiger partial charge in [0.15, 0.2) is 5.82 Å². The normalized spacial score (nSPS) is 21.4. The summed E-state index contributed by atoms with van der Waals surface area (Å²) in [7, 11) is 0. The van der Waals surface area contributed by atoms with Gasteiger partial charge in [-0.3, -0.25) is 9.47 Å². The molecule has 0 spiro atoms. The van der Waals surface area contributed by atoms with Crippen LogP contribution in [-0.2, 0) is 15.9 Å². The Kier molecular flexibility index (Phi) is 10.6. The first kappa shape index (κ1) is 31.5. The number of carbonyl (C=O) groups is 1. The summed E-state index contributed by atoms with van der Waals surface area (Å²) in [4.78, 5) is 35.0. The van der Waals surface area contributed by atoms with Crippen LogP contribution in [0.15, 0.2) is 24.3 Å². The van der Waals surface area contributed by atoms with Crippen LogP contribution in [0.1, 0.15) is 56.6 Å². The summed E-state index contributed by atoms with van der Waals surface area (Å²) in [5.41, 5.74) is 1.01. The molecule has 2 amide bonds. The van der Waals surface area contributed by atoms with Crippen molar-refractivity contribution in [3.8, 4) is 5.95 Å². The number of fused-ring (bicyclic) bond motifs is 1. The van der Waals surface area contributed by atoms with E-state index in [1.54, 1.807) is 24.3 Å². The number of anilines is 1. The van der Waals surface area contributed by atoms with E-state index in [1.807, 2.05) is 4.90 Å². The van der Waals surface area contributed by atoms with Gasteiger partial charge in [0.25, 0.3) is 6.43 Å². The number of halogens is 2. The number of alkyl halides is 2. The summed E-state index contributed by atoms with van der Waals surface area (Å²) in [5.74, 6) is 1.42. The van der Waals surface area contributed by atoms with Crippen LogP contribution in [0.4, 0.5) is 19.5 Å². The predicted octanol–water partition coefficient (Wildman–Crippen LogP) is 3.50. The minimum absolute atomic E-state index is 0.0888. The zero-order valence-corrected chi connectivity index (χ0v) is 25.7. The van der Waals surface area contributed by atoms with Crippen LogP contribution in [0.3, 0.4) is 0 Å². The predicted molar refractivity (Wildman–Crippen MR) is 165 cm³/mol. The van der Waals surface area contributed by atoms with E-state index >= 15 is 0 Å². The van der Waals surface area contributed by atoms with Crippen molar-refractivity contribution in [2.24, 2.45) is 5.92 Å². The number of carbonyl (C=O) groups excluding carboxylic acids is 1. The smallest absolute Gasteiger partial charge is 0.315 e. The summed E-state index contributed by atoms with van der Waals surface area (Å²) >= 11 is 0. The van der Waals surface area contributed by atoms with Gasteiger partial charge in [-0.2, -0.15) is 15.0 Å². The zero-order valence-electron chi connectivity index (χ0n) is 25.7. The quantitative estimate of drug-likeness (QED) is 0.329. The van der Waals surface area contributed by atoms with E-state index in [-0.39, 0.29) is 23.8 Å². The van der Waals surface area contributed by atoms with Gasteiger partial charge in [0, 0.05) is 51.7 Å². The van der Waals surface area contributed by atoms with Gasteiger partial charge >= 0.3 is 6.03 Å². The van der Waals surface area contributed by atoms with Crippen molar-refractivity contribution in [1.82, 2.24) is 40.0 Å². The lowest BCUT2D eigenvalue weighted by atomic mass is 9.83. The first-order chi connectivity index (χ1) is 22.0. The van der Waals surface area contributed by atoms with Crippen molar-refractivity contribution in [3.05, 3.63) is 35.9 Å². The largest absolute Gasteiger partial charge is 0.379 e. The highest BCUT2D eigenvalue weighted by molar-refractivity contribution is 5.77. The molecule has 2 N–H and O–H groups in total. The van der Waals surface area contributed by atoms with Crippen molar-refractivity contribution in [2.75, 3.05) is 70.6 Å². The zero-order chi connectivity index (χ0) is 31.0. The van der Waals surface area contributed by atoms with E-state index in [0.29, 0.717) is 68.0 Å². The number of amides is 2. The van der Waals surface area contributed by atoms with Gasteiger partial charge in [0.2, 0.25) is 11.9 Å². The van der Waals surface area contributed by atoms with E-state index in [0.717, 1.165) is 71.4 Å². The maximum atomic E-state index is 14.1. The molecule has 0 atom stereocenters. The molecule has 1 saturated carbocycles. The molecular formula is C31H43F2N9O3. The standard InChI is InChI=1S/C31H43F2N9O3/c32-27(33)28-36-24-5-1-2-6-25(24)42(28)30-38-26(37-29(39-30)41-16-20-45-21-17-41)7-3-4-22-8-10-23(11-9-22)35-31(43)34-12-13-40-14-18-44-19-15-40/h1-2,5-6,22-23,27H,3-4,7-21H2,(H2,34,35,43). The number of benzene rings is 1. The van der Waals surface area contributed by atoms with Crippen molar-refractivity contribution in [1.29, 1.82) is 0 Å². The average molecular weight is 628 g/mol. The van der Waals surface area contributed by atoms with Crippen molar-refractivity contribution < 1.29 is 23.0 Å². The molecule has 4 heterocycles. The minimum Gasteiger partial charge on any atom is -0.379 e. The van der Waals surface area contributed by atoms with Gasteiger partial charge in [-0.1, -0.05) is 18.6 Å². The Balaban J connectivity index is 1.04. The van der Waals surface area contributed by atoms with Crippen molar-refractivity contribution >= 4 is 23.0 Å². The molecule has 12 nitrogen and oxygen atoms in total. The van der Waals surface area contributed by atoms with Crippen LogP contribution in [0.5, 0.6) is 0 Å². The van der Waals surface area contributed by atoms with E-state index in [4.69, 9.17) is 19.4 Å². The van der Waals surface area contributed by atoms with Crippen molar-refractivity contribution in [3.63, 3.8) is 0 Å². The lowest BCUT2D eigenvalue weighted by Crippen LogP contribution is -2.47. The Morgan fingerprint density at radius 1 is 0.911 bits per heavy atom. The number of nitrogens with one attached hydrogen (secondary N) is 2. The van der Waals surface area contributed by atoms with Gasteiger partial charge in [-0.25, -0.2) is 18.6 Å². The number of hydrogen-bond acceptors (Lipinski definition) is 9. The van der Waals surface area contributed by atoms with Crippen LogP contribution in [-0.4, -0.2) is 107 Å². The third kappa shape index (κ3) is 8.22. The Morgan fingerprint density at radius 2 is 1.62 bits per heavy atom. The highest BCUT2D eigenvalue weighted by Crippen LogP contribution is 2.30. The van der Waals surface area contributed by atoms with Gasteiger partial charge < -0.3 is 25.0 Å². The second-order valence-electron chi connectivity index (χ2n) is 12.0. The first-order valence-corrected chi connectivity index (χ1v) is 16.2. The Morgan fingerprint density at radius 3 is 2.38 bits per heavy atom. The summed E-state index contributed by atoms with van der Waals surface area (Å²) in [5, 5.41) is 6.14. The number of rotatable bonds is 11. The molecule has 45 heavy (non-hydrogen) atoms. The topological polar surface area (TPSA) is 123 Å². The highest BCUT2D eigenvalue weighted by atomic mass is 19.3. The number of aryl methyl sites for hydroxylation is 1. The first-order valence-electron chi connectivity index (χ1n) is 16.2. The number of nitrogens with zero attached hydrogens (tertiary/aromatic N) is 7. The third-order valence-electron chi connectivity index (χ3n) is 8.95. The molecule has 6 rings (SSSR count). The van der Waals surface area contributed by atoms with Crippen LogP contribution in [0, 0.1) is 5.92 Å². The molecule has 2 saturated heterocycles. The molecule has 0 radical (unpaired) electrons. The van der Waals surface area contributed by atoms with E-state index in [2.05, 4.69) is 25.5 Å². The molecule has 2 aromatic heterocycles. The molecule has 3 fully saturated rings. The molecular weight excluding hydrogens is 584 g/mol. The Hall–Kier alpha value is -3.49. The molecule has 2 aliphatic heterocycles. The molecule has 0 bridgehead atoms. The summed E-state index contributed by atoms with van der Waals surface area (Å²) in [6.45, 7) is 7.17. The van der Waals surface area contributed by atoms with Crippen LogP contribution >= 0.6 is 0 Å². The number of imidazole rings is 1. The van der Waals surface area contributed by atoms with Gasteiger partial charge in [0.05, 0.1) is 37.5 Å². The molecule has 14 heteroatoms. The maximum Gasteiger partial charge on any atom is 0.315 e. The van der Waals surface area contributed by atoms with E-state index < -0.39 is 6.43 Å². The molecule has 1 aliphatic carbocycles. The average Bonchev–Trinajstić information content (AvgIpc) is 3.47. The third-order valence-corrected chi connectivity index (χ3v) is 8.95. The van der Waals surface area contributed by atoms with Crippen molar-refractivity contribution in [2.45, 2.75) is 57.4 Å². The number of morpholine rings is 2. The SMILES string of the molecule is O=C(NCCN1CCOCC1)NC1CCC(CCCc2nc(N3CCOCC3)nc(-n3c(C(F)F)nc4ccccc43)n2)CC1. The summed E-state index contributed by atoms with van der Waals surface area (Å²) < 4.78 is 40.5. The van der Waals surface area contributed by atoms with Gasteiger partial charge in [-0.15, -0.1) is 0 Å². The number of hydrogen-bond donors (Lipinski definition) is 2.